The molecule has 2 aromatic carbocycles. The molecule has 0 unspecified atom stereocenters. The Morgan fingerprint density at radius 1 is 0.871 bits per heavy atom. The van der Waals surface area contributed by atoms with Crippen molar-refractivity contribution in [3.63, 3.8) is 0 Å². The van der Waals surface area contributed by atoms with E-state index in [-0.39, 0.29) is 6.03 Å². The number of hydrogen-bond donors (Lipinski definition) is 1. The number of carbonyl (C=O) groups is 1. The van der Waals surface area contributed by atoms with Crippen molar-refractivity contribution in [3.05, 3.63) is 65.2 Å². The van der Waals surface area contributed by atoms with E-state index in [9.17, 15) is 4.79 Å². The van der Waals surface area contributed by atoms with Crippen LogP contribution in [0.2, 0.25) is 0 Å². The minimum Gasteiger partial charge on any atom is -0.317 e. The van der Waals surface area contributed by atoms with Crippen LogP contribution < -0.4 is 5.32 Å². The lowest BCUT2D eigenvalue weighted by atomic mass is 9.72. The van der Waals surface area contributed by atoms with E-state index in [1.54, 1.807) is 0 Å². The largest absolute Gasteiger partial charge is 0.322 e. The second kappa shape index (κ2) is 10.3. The van der Waals surface area contributed by atoms with Crippen molar-refractivity contribution in [2.75, 3.05) is 5.32 Å². The van der Waals surface area contributed by atoms with E-state index in [0.29, 0.717) is 12.6 Å². The summed E-state index contributed by atoms with van der Waals surface area (Å²) in [5.74, 6) is 1.80. The lowest BCUT2D eigenvalue weighted by molar-refractivity contribution is 0.120. The van der Waals surface area contributed by atoms with Gasteiger partial charge in [0.15, 0.2) is 0 Å². The Kier molecular flexibility index (Phi) is 7.32. The van der Waals surface area contributed by atoms with E-state index >= 15 is 0 Å². The van der Waals surface area contributed by atoms with Crippen LogP contribution >= 0.6 is 0 Å². The lowest BCUT2D eigenvalue weighted by Gasteiger charge is -2.40. The summed E-state index contributed by atoms with van der Waals surface area (Å²) in [6.07, 6.45) is 11.9. The predicted octanol–water partition coefficient (Wildman–Crippen LogP) is 7.48. The van der Waals surface area contributed by atoms with E-state index in [1.807, 2.05) is 6.07 Å². The van der Waals surface area contributed by atoms with Crippen LogP contribution in [0.25, 0.3) is 0 Å². The van der Waals surface area contributed by atoms with Crippen molar-refractivity contribution in [1.82, 2.24) is 4.90 Å². The minimum absolute atomic E-state index is 0.0404. The molecule has 4 rings (SSSR count). The molecule has 2 fully saturated rings. The number of rotatable bonds is 5. The fourth-order valence-electron chi connectivity index (χ4n) is 5.69. The van der Waals surface area contributed by atoms with Gasteiger partial charge in [0.2, 0.25) is 0 Å². The van der Waals surface area contributed by atoms with Gasteiger partial charge in [0.1, 0.15) is 0 Å². The number of urea groups is 1. The number of hydrogen-bond acceptors (Lipinski definition) is 1. The van der Waals surface area contributed by atoms with Crippen molar-refractivity contribution < 1.29 is 4.79 Å². The molecule has 1 N–H and O–H groups in total. The Bertz CT molecular complexity index is 849. The maximum Gasteiger partial charge on any atom is 0.322 e. The molecule has 0 atom stereocenters. The second-order valence-electron chi connectivity index (χ2n) is 9.83. The lowest BCUT2D eigenvalue weighted by Crippen LogP contribution is -2.44. The summed E-state index contributed by atoms with van der Waals surface area (Å²) in [7, 11) is 0. The van der Waals surface area contributed by atoms with Gasteiger partial charge in [-0.25, -0.2) is 4.79 Å². The Hall–Kier alpha value is -2.29. The van der Waals surface area contributed by atoms with Gasteiger partial charge in [0.25, 0.3) is 0 Å². The number of nitrogens with one attached hydrogen (secondary N) is 1. The molecular weight excluding hydrogens is 380 g/mol. The summed E-state index contributed by atoms with van der Waals surface area (Å²) in [4.78, 5) is 15.6. The molecule has 0 aromatic heterocycles. The molecule has 3 heteroatoms. The highest BCUT2D eigenvalue weighted by molar-refractivity contribution is 5.90. The summed E-state index contributed by atoms with van der Waals surface area (Å²) >= 11 is 0. The molecule has 31 heavy (non-hydrogen) atoms. The molecule has 3 nitrogen and oxygen atoms in total. The van der Waals surface area contributed by atoms with Crippen LogP contribution in [0.4, 0.5) is 10.5 Å². The normalized spacial score (nSPS) is 22.1. The zero-order valence-electron chi connectivity index (χ0n) is 19.3. The van der Waals surface area contributed by atoms with Crippen LogP contribution in [-0.2, 0) is 6.54 Å². The number of benzene rings is 2. The molecule has 0 heterocycles. The first kappa shape index (κ1) is 21.9. The maximum absolute atomic E-state index is 13.5. The Balaban J connectivity index is 1.46. The van der Waals surface area contributed by atoms with Gasteiger partial charge in [-0.05, 0) is 74.1 Å². The van der Waals surface area contributed by atoms with E-state index in [4.69, 9.17) is 0 Å². The zero-order chi connectivity index (χ0) is 21.6. The number of aryl methyl sites for hydroxylation is 2. The highest BCUT2D eigenvalue weighted by Crippen LogP contribution is 2.39. The molecule has 2 saturated carbocycles. The standard InChI is InChI=1S/C28H38N2O/c1-21-13-14-22(2)27(19-21)29-28(31)30(20-23-9-5-3-6-10-23)26-17-15-25(16-18-26)24-11-7-4-8-12-24/h3,5-6,9-10,13-14,19,24-26H,4,7-8,11-12,15-18,20H2,1-2H3,(H,29,31)/t25-,26-. The van der Waals surface area contributed by atoms with Gasteiger partial charge in [-0.3, -0.25) is 0 Å². The highest BCUT2D eigenvalue weighted by Gasteiger charge is 2.32. The van der Waals surface area contributed by atoms with Crippen LogP contribution in [0.1, 0.15) is 74.5 Å². The van der Waals surface area contributed by atoms with Gasteiger partial charge >= 0.3 is 6.03 Å². The van der Waals surface area contributed by atoms with Gasteiger partial charge in [0, 0.05) is 18.3 Å². The van der Waals surface area contributed by atoms with Gasteiger partial charge < -0.3 is 10.2 Å². The molecule has 0 radical (unpaired) electrons. The van der Waals surface area contributed by atoms with E-state index in [1.165, 1.54) is 56.1 Å². The molecule has 166 valence electrons. The van der Waals surface area contributed by atoms with Gasteiger partial charge in [0.05, 0.1) is 0 Å². The molecule has 0 bridgehead atoms. The molecule has 0 saturated heterocycles. The smallest absolute Gasteiger partial charge is 0.317 e. The van der Waals surface area contributed by atoms with Crippen molar-refractivity contribution >= 4 is 11.7 Å². The molecule has 2 amide bonds. The maximum atomic E-state index is 13.5. The van der Waals surface area contributed by atoms with Crippen LogP contribution in [0.3, 0.4) is 0 Å². The third-order valence-electron chi connectivity index (χ3n) is 7.59. The summed E-state index contributed by atoms with van der Waals surface area (Å²) in [5.41, 5.74) is 4.41. The first-order valence-electron chi connectivity index (χ1n) is 12.3. The fraction of sp³-hybridized carbons (Fsp3) is 0.536. The Morgan fingerprint density at radius 2 is 1.55 bits per heavy atom. The number of amides is 2. The van der Waals surface area contributed by atoms with E-state index in [2.05, 4.69) is 66.5 Å². The predicted molar refractivity (Wildman–Crippen MR) is 129 cm³/mol. The van der Waals surface area contributed by atoms with Crippen LogP contribution in [0.5, 0.6) is 0 Å². The third kappa shape index (κ3) is 5.70. The number of anilines is 1. The molecule has 2 aliphatic rings. The van der Waals surface area contributed by atoms with Gasteiger partial charge in [-0.2, -0.15) is 0 Å². The summed E-state index contributed by atoms with van der Waals surface area (Å²) < 4.78 is 0. The SMILES string of the molecule is Cc1ccc(C)c(NC(=O)N(Cc2ccccc2)[C@H]2CC[C@H](C3CCCCC3)CC2)c1. The first-order chi connectivity index (χ1) is 15.1. The van der Waals surface area contributed by atoms with Gasteiger partial charge in [-0.1, -0.05) is 74.6 Å². The molecule has 0 aliphatic heterocycles. The third-order valence-corrected chi connectivity index (χ3v) is 7.59. The highest BCUT2D eigenvalue weighted by atomic mass is 16.2. The zero-order valence-corrected chi connectivity index (χ0v) is 19.3. The average Bonchev–Trinajstić information content (AvgIpc) is 2.81. The molecular formula is C28H38N2O. The molecule has 2 aromatic rings. The number of nitrogens with zero attached hydrogens (tertiary/aromatic N) is 1. The topological polar surface area (TPSA) is 32.3 Å². The first-order valence-corrected chi connectivity index (χ1v) is 12.3. The van der Waals surface area contributed by atoms with Crippen molar-refractivity contribution in [3.8, 4) is 0 Å². The van der Waals surface area contributed by atoms with E-state index in [0.717, 1.165) is 35.9 Å². The van der Waals surface area contributed by atoms with Crippen molar-refractivity contribution in [2.45, 2.75) is 84.2 Å². The molecule has 2 aliphatic carbocycles. The van der Waals surface area contributed by atoms with Crippen molar-refractivity contribution in [1.29, 1.82) is 0 Å². The van der Waals surface area contributed by atoms with E-state index < -0.39 is 0 Å². The average molecular weight is 419 g/mol. The number of carbonyl (C=O) groups excluding carboxylic acids is 1. The van der Waals surface area contributed by atoms with Crippen LogP contribution in [0.15, 0.2) is 48.5 Å². The summed E-state index contributed by atoms with van der Waals surface area (Å²) in [5, 5.41) is 3.23. The summed E-state index contributed by atoms with van der Waals surface area (Å²) in [6.45, 7) is 4.81. The molecule has 0 spiro atoms. The Morgan fingerprint density at radius 3 is 2.26 bits per heavy atom. The summed E-state index contributed by atoms with van der Waals surface area (Å²) in [6, 6.07) is 17.1. The quantitative estimate of drug-likeness (QED) is 0.536. The Labute approximate surface area is 188 Å². The second-order valence-corrected chi connectivity index (χ2v) is 9.83. The van der Waals surface area contributed by atoms with Crippen molar-refractivity contribution in [2.24, 2.45) is 11.8 Å². The van der Waals surface area contributed by atoms with Crippen LogP contribution in [0, 0.1) is 25.7 Å². The van der Waals surface area contributed by atoms with Gasteiger partial charge in [-0.15, -0.1) is 0 Å². The minimum atomic E-state index is 0.0404. The monoisotopic (exact) mass is 418 g/mol. The fourth-order valence-corrected chi connectivity index (χ4v) is 5.69. The van der Waals surface area contributed by atoms with Crippen LogP contribution in [-0.4, -0.2) is 17.0 Å².